The summed E-state index contributed by atoms with van der Waals surface area (Å²) in [6, 6.07) is 9.64. The van der Waals surface area contributed by atoms with Gasteiger partial charge >= 0.3 is 0 Å². The van der Waals surface area contributed by atoms with Crippen LogP contribution in [-0.2, 0) is 10.3 Å². The number of hydrogen-bond acceptors (Lipinski definition) is 2. The monoisotopic (exact) mass is 243 g/mol. The average molecular weight is 243 g/mol. The molecule has 1 unspecified atom stereocenters. The van der Waals surface area contributed by atoms with Crippen molar-refractivity contribution in [2.75, 3.05) is 0 Å². The molecule has 1 aliphatic rings. The lowest BCUT2D eigenvalue weighted by Crippen LogP contribution is -2.42. The SMILES string of the molecule is CC(N)(C(=O)C1=CCCCCC1)c1ccccc1. The molecule has 0 aromatic heterocycles. The molecule has 2 N–H and O–H groups in total. The Morgan fingerprint density at radius 2 is 1.89 bits per heavy atom. The maximum absolute atomic E-state index is 12.6. The molecule has 2 rings (SSSR count). The Morgan fingerprint density at radius 3 is 2.61 bits per heavy atom. The predicted molar refractivity (Wildman–Crippen MR) is 74.2 cm³/mol. The van der Waals surface area contributed by atoms with Gasteiger partial charge in [0.25, 0.3) is 0 Å². The van der Waals surface area contributed by atoms with Gasteiger partial charge in [-0.3, -0.25) is 4.79 Å². The number of Topliss-reactive ketones (excluding diaryl/α,β-unsaturated/α-hetero) is 1. The van der Waals surface area contributed by atoms with E-state index in [1.54, 1.807) is 0 Å². The van der Waals surface area contributed by atoms with Crippen LogP contribution in [0.2, 0.25) is 0 Å². The van der Waals surface area contributed by atoms with Crippen LogP contribution in [0.15, 0.2) is 42.0 Å². The van der Waals surface area contributed by atoms with Crippen LogP contribution in [0, 0.1) is 0 Å². The summed E-state index contributed by atoms with van der Waals surface area (Å²) in [5.74, 6) is 0.0793. The van der Waals surface area contributed by atoms with Crippen LogP contribution in [0.1, 0.15) is 44.6 Å². The molecule has 1 atom stereocenters. The summed E-state index contributed by atoms with van der Waals surface area (Å²) in [6.45, 7) is 1.82. The average Bonchev–Trinajstić information content (AvgIpc) is 2.67. The zero-order chi connectivity index (χ0) is 13.0. The highest BCUT2D eigenvalue weighted by Crippen LogP contribution is 2.26. The molecule has 0 radical (unpaired) electrons. The smallest absolute Gasteiger partial charge is 0.182 e. The number of nitrogens with two attached hydrogens (primary N) is 1. The van der Waals surface area contributed by atoms with Crippen molar-refractivity contribution in [1.82, 2.24) is 0 Å². The fourth-order valence-electron chi connectivity index (χ4n) is 2.47. The van der Waals surface area contributed by atoms with Crippen molar-refractivity contribution in [3.05, 3.63) is 47.5 Å². The van der Waals surface area contributed by atoms with Gasteiger partial charge in [-0.25, -0.2) is 0 Å². The summed E-state index contributed by atoms with van der Waals surface area (Å²) < 4.78 is 0. The Bertz CT molecular complexity index is 445. The van der Waals surface area contributed by atoms with Gasteiger partial charge in [-0.15, -0.1) is 0 Å². The molecule has 0 saturated carbocycles. The van der Waals surface area contributed by atoms with Crippen molar-refractivity contribution >= 4 is 5.78 Å². The summed E-state index contributed by atoms with van der Waals surface area (Å²) in [5, 5.41) is 0. The van der Waals surface area contributed by atoms with E-state index in [9.17, 15) is 4.79 Å². The summed E-state index contributed by atoms with van der Waals surface area (Å²) in [5.41, 5.74) is 7.17. The summed E-state index contributed by atoms with van der Waals surface area (Å²) >= 11 is 0. The van der Waals surface area contributed by atoms with E-state index < -0.39 is 5.54 Å². The third-order valence-corrected chi connectivity index (χ3v) is 3.68. The van der Waals surface area contributed by atoms with Gasteiger partial charge in [-0.2, -0.15) is 0 Å². The highest BCUT2D eigenvalue weighted by molar-refractivity contribution is 6.02. The summed E-state index contributed by atoms with van der Waals surface area (Å²) in [7, 11) is 0. The first-order valence-electron chi connectivity index (χ1n) is 6.70. The standard InChI is InChI=1S/C16H21NO/c1-16(17,14-11-7-4-8-12-14)15(18)13-9-5-2-3-6-10-13/h4,7-9,11-12H,2-3,5-6,10,17H2,1H3. The van der Waals surface area contributed by atoms with Crippen molar-refractivity contribution in [1.29, 1.82) is 0 Å². The van der Waals surface area contributed by atoms with E-state index in [0.717, 1.165) is 30.4 Å². The van der Waals surface area contributed by atoms with Crippen LogP contribution >= 0.6 is 0 Å². The number of allylic oxidation sites excluding steroid dienone is 1. The quantitative estimate of drug-likeness (QED) is 0.885. The lowest BCUT2D eigenvalue weighted by molar-refractivity contribution is -0.120. The number of benzene rings is 1. The van der Waals surface area contributed by atoms with Crippen molar-refractivity contribution in [2.45, 2.75) is 44.6 Å². The van der Waals surface area contributed by atoms with E-state index in [1.165, 1.54) is 12.8 Å². The third-order valence-electron chi connectivity index (χ3n) is 3.68. The fraction of sp³-hybridized carbons (Fsp3) is 0.438. The van der Waals surface area contributed by atoms with Gasteiger partial charge in [0.05, 0.1) is 0 Å². The number of hydrogen-bond donors (Lipinski definition) is 1. The van der Waals surface area contributed by atoms with Gasteiger partial charge in [0.15, 0.2) is 5.78 Å². The molecule has 2 heteroatoms. The Balaban J connectivity index is 2.24. The first-order chi connectivity index (χ1) is 8.62. The van der Waals surface area contributed by atoms with Crippen LogP contribution in [0.25, 0.3) is 0 Å². The number of carbonyl (C=O) groups excluding carboxylic acids is 1. The molecular weight excluding hydrogens is 222 g/mol. The van der Waals surface area contributed by atoms with Crippen LogP contribution in [0.5, 0.6) is 0 Å². The van der Waals surface area contributed by atoms with E-state index in [4.69, 9.17) is 5.73 Å². The molecule has 0 heterocycles. The first kappa shape index (κ1) is 13.0. The highest BCUT2D eigenvalue weighted by atomic mass is 16.1. The predicted octanol–water partition coefficient (Wildman–Crippen LogP) is 3.32. The van der Waals surface area contributed by atoms with E-state index in [2.05, 4.69) is 6.08 Å². The molecule has 96 valence electrons. The normalized spacial score (nSPS) is 19.6. The lowest BCUT2D eigenvalue weighted by atomic mass is 9.84. The molecule has 0 spiro atoms. The van der Waals surface area contributed by atoms with E-state index >= 15 is 0 Å². The molecular formula is C16H21NO. The summed E-state index contributed by atoms with van der Waals surface area (Å²) in [6.07, 6.45) is 7.46. The van der Waals surface area contributed by atoms with Crippen LogP contribution in [-0.4, -0.2) is 5.78 Å². The molecule has 0 fully saturated rings. The van der Waals surface area contributed by atoms with Gasteiger partial charge in [0.2, 0.25) is 0 Å². The summed E-state index contributed by atoms with van der Waals surface area (Å²) in [4.78, 5) is 12.6. The zero-order valence-electron chi connectivity index (χ0n) is 11.0. The third kappa shape index (κ3) is 2.70. The lowest BCUT2D eigenvalue weighted by Gasteiger charge is -2.25. The number of carbonyl (C=O) groups is 1. The molecule has 1 aliphatic carbocycles. The molecule has 2 nitrogen and oxygen atoms in total. The van der Waals surface area contributed by atoms with E-state index in [-0.39, 0.29) is 5.78 Å². The minimum absolute atomic E-state index is 0.0793. The Kier molecular flexibility index (Phi) is 3.97. The van der Waals surface area contributed by atoms with Gasteiger partial charge in [0, 0.05) is 0 Å². The Labute approximate surface area is 109 Å². The second kappa shape index (κ2) is 5.49. The van der Waals surface area contributed by atoms with Crippen molar-refractivity contribution < 1.29 is 4.79 Å². The second-order valence-corrected chi connectivity index (χ2v) is 5.23. The molecule has 1 aromatic carbocycles. The largest absolute Gasteiger partial charge is 0.315 e. The maximum Gasteiger partial charge on any atom is 0.182 e. The number of rotatable bonds is 3. The molecule has 0 aliphatic heterocycles. The second-order valence-electron chi connectivity index (χ2n) is 5.23. The minimum atomic E-state index is -0.905. The maximum atomic E-state index is 12.6. The van der Waals surface area contributed by atoms with Gasteiger partial charge in [-0.1, -0.05) is 42.8 Å². The van der Waals surface area contributed by atoms with Crippen molar-refractivity contribution in [2.24, 2.45) is 5.73 Å². The van der Waals surface area contributed by atoms with Gasteiger partial charge in [0.1, 0.15) is 5.54 Å². The zero-order valence-corrected chi connectivity index (χ0v) is 11.0. The number of ketones is 1. The minimum Gasteiger partial charge on any atom is -0.315 e. The van der Waals surface area contributed by atoms with Crippen LogP contribution in [0.4, 0.5) is 0 Å². The van der Waals surface area contributed by atoms with Crippen LogP contribution in [0.3, 0.4) is 0 Å². The van der Waals surface area contributed by atoms with E-state index in [1.807, 2.05) is 37.3 Å². The van der Waals surface area contributed by atoms with Gasteiger partial charge < -0.3 is 5.73 Å². The molecule has 0 saturated heterocycles. The molecule has 0 amide bonds. The van der Waals surface area contributed by atoms with Gasteiger partial charge in [-0.05, 0) is 43.7 Å². The first-order valence-corrected chi connectivity index (χ1v) is 6.70. The topological polar surface area (TPSA) is 43.1 Å². The molecule has 1 aromatic rings. The van der Waals surface area contributed by atoms with Crippen molar-refractivity contribution in [3.8, 4) is 0 Å². The molecule has 18 heavy (non-hydrogen) atoms. The highest BCUT2D eigenvalue weighted by Gasteiger charge is 2.32. The Hall–Kier alpha value is -1.41. The van der Waals surface area contributed by atoms with Crippen molar-refractivity contribution in [3.63, 3.8) is 0 Å². The Morgan fingerprint density at radius 1 is 1.17 bits per heavy atom. The van der Waals surface area contributed by atoms with E-state index in [0.29, 0.717) is 0 Å². The fourth-order valence-corrected chi connectivity index (χ4v) is 2.47. The van der Waals surface area contributed by atoms with Crippen LogP contribution < -0.4 is 5.73 Å². The molecule has 0 bridgehead atoms.